The molecule has 0 unspecified atom stereocenters. The third-order valence-electron chi connectivity index (χ3n) is 1.97. The third kappa shape index (κ3) is 7.92. The standard InChI is InChI=1S/C11H15NOS.CH3NOS/c1-3-12(4-2)11(14)13-10-8-6-5-7-9-10;2-1(3)4/h5-9H,3-4H2,1-2H3;(H3,2,3,4). The highest BCUT2D eigenvalue weighted by Crippen LogP contribution is 2.10. The summed E-state index contributed by atoms with van der Waals surface area (Å²) in [5.41, 5.74) is 4.34. The van der Waals surface area contributed by atoms with E-state index in [0.29, 0.717) is 5.17 Å². The van der Waals surface area contributed by atoms with E-state index in [-0.39, 0.29) is 0 Å². The van der Waals surface area contributed by atoms with Crippen LogP contribution in [0.4, 0.5) is 4.79 Å². The Kier molecular flexibility index (Phi) is 9.04. The van der Waals surface area contributed by atoms with Crippen LogP contribution in [0.3, 0.4) is 0 Å². The van der Waals surface area contributed by atoms with E-state index in [1.165, 1.54) is 0 Å². The molecule has 2 N–H and O–H groups in total. The lowest BCUT2D eigenvalue weighted by Crippen LogP contribution is -2.32. The first-order chi connectivity index (χ1) is 8.51. The number of thiol groups is 1. The predicted molar refractivity (Wildman–Crippen MR) is 81.2 cm³/mol. The molecule has 0 atom stereocenters. The number of primary amides is 1. The number of ether oxygens (including phenoxy) is 1. The van der Waals surface area contributed by atoms with Gasteiger partial charge in [-0.1, -0.05) is 30.8 Å². The number of nitrogens with zero attached hydrogens (tertiary/aromatic N) is 1. The quantitative estimate of drug-likeness (QED) is 0.662. The maximum Gasteiger partial charge on any atom is 0.273 e. The van der Waals surface area contributed by atoms with Crippen LogP contribution in [0.15, 0.2) is 30.3 Å². The first kappa shape index (κ1) is 16.7. The van der Waals surface area contributed by atoms with Crippen molar-refractivity contribution in [2.45, 2.75) is 13.8 Å². The molecule has 0 aliphatic carbocycles. The van der Waals surface area contributed by atoms with Gasteiger partial charge in [-0.15, -0.1) is 0 Å². The second-order valence-electron chi connectivity index (χ2n) is 3.19. The monoisotopic (exact) mass is 286 g/mol. The normalized spacial score (nSPS) is 8.83. The third-order valence-corrected chi connectivity index (χ3v) is 2.31. The summed E-state index contributed by atoms with van der Waals surface area (Å²) in [4.78, 5) is 11.1. The molecule has 0 saturated carbocycles. The Morgan fingerprint density at radius 2 is 1.78 bits per heavy atom. The predicted octanol–water partition coefficient (Wildman–Crippen LogP) is 2.69. The average Bonchev–Trinajstić information content (AvgIpc) is 2.31. The zero-order valence-electron chi connectivity index (χ0n) is 10.5. The highest BCUT2D eigenvalue weighted by atomic mass is 32.1. The molecule has 0 spiro atoms. The number of carbonyl (C=O) groups is 1. The molecule has 4 nitrogen and oxygen atoms in total. The highest BCUT2D eigenvalue weighted by Gasteiger charge is 2.06. The lowest BCUT2D eigenvalue weighted by molar-refractivity contribution is 0.267. The molecule has 18 heavy (non-hydrogen) atoms. The maximum atomic E-state index is 9.09. The minimum atomic E-state index is -0.639. The summed E-state index contributed by atoms with van der Waals surface area (Å²) in [7, 11) is 0. The molecule has 0 fully saturated rings. The van der Waals surface area contributed by atoms with Crippen molar-refractivity contribution in [1.29, 1.82) is 0 Å². The van der Waals surface area contributed by atoms with Gasteiger partial charge < -0.3 is 15.4 Å². The van der Waals surface area contributed by atoms with Crippen LogP contribution >= 0.6 is 24.8 Å². The van der Waals surface area contributed by atoms with Gasteiger partial charge >= 0.3 is 0 Å². The molecular formula is C12H18N2O2S2. The molecule has 1 amide bonds. The molecule has 0 radical (unpaired) electrons. The van der Waals surface area contributed by atoms with Crippen LogP contribution in [-0.2, 0) is 0 Å². The van der Waals surface area contributed by atoms with Gasteiger partial charge in [0.05, 0.1) is 0 Å². The van der Waals surface area contributed by atoms with Crippen molar-refractivity contribution >= 4 is 35.3 Å². The van der Waals surface area contributed by atoms with E-state index in [1.54, 1.807) is 0 Å². The van der Waals surface area contributed by atoms with E-state index >= 15 is 0 Å². The minimum Gasteiger partial charge on any atom is -0.432 e. The lowest BCUT2D eigenvalue weighted by Gasteiger charge is -2.20. The molecule has 0 saturated heterocycles. The van der Waals surface area contributed by atoms with E-state index in [2.05, 4.69) is 32.2 Å². The molecule has 1 aromatic rings. The largest absolute Gasteiger partial charge is 0.432 e. The van der Waals surface area contributed by atoms with Crippen molar-refractivity contribution in [3.8, 4) is 5.75 Å². The molecule has 1 rings (SSSR count). The fourth-order valence-corrected chi connectivity index (χ4v) is 1.49. The number of carbonyl (C=O) groups excluding carboxylic acids is 1. The zero-order chi connectivity index (χ0) is 14.0. The molecule has 0 aliphatic heterocycles. The SMILES string of the molecule is CCN(CC)C(=S)Oc1ccccc1.NC(=O)S. The Morgan fingerprint density at radius 3 is 2.17 bits per heavy atom. The van der Waals surface area contributed by atoms with Crippen LogP contribution < -0.4 is 10.5 Å². The number of hydrogen-bond acceptors (Lipinski definition) is 3. The first-order valence-electron chi connectivity index (χ1n) is 5.51. The topological polar surface area (TPSA) is 55.6 Å². The number of benzene rings is 1. The smallest absolute Gasteiger partial charge is 0.273 e. The Hall–Kier alpha value is -1.27. The molecule has 1 aromatic carbocycles. The van der Waals surface area contributed by atoms with Crippen molar-refractivity contribution in [2.75, 3.05) is 13.1 Å². The van der Waals surface area contributed by atoms with E-state index in [0.717, 1.165) is 18.8 Å². The summed E-state index contributed by atoms with van der Waals surface area (Å²) in [6.07, 6.45) is 0. The van der Waals surface area contributed by atoms with Crippen LogP contribution in [0, 0.1) is 0 Å². The summed E-state index contributed by atoms with van der Waals surface area (Å²) in [6.45, 7) is 5.87. The summed E-state index contributed by atoms with van der Waals surface area (Å²) in [5, 5.41) is -0.0961. The van der Waals surface area contributed by atoms with Gasteiger partial charge in [-0.2, -0.15) is 0 Å². The van der Waals surface area contributed by atoms with Crippen molar-refractivity contribution in [1.82, 2.24) is 4.90 Å². The fourth-order valence-electron chi connectivity index (χ4n) is 1.14. The first-order valence-corrected chi connectivity index (χ1v) is 6.37. The van der Waals surface area contributed by atoms with Gasteiger partial charge in [0.1, 0.15) is 5.75 Å². The summed E-state index contributed by atoms with van der Waals surface area (Å²) >= 11 is 8.26. The van der Waals surface area contributed by atoms with Gasteiger partial charge in [0.2, 0.25) is 0 Å². The molecule has 0 aromatic heterocycles. The maximum absolute atomic E-state index is 9.09. The van der Waals surface area contributed by atoms with Crippen LogP contribution in [0.25, 0.3) is 0 Å². The molecule has 0 aliphatic rings. The average molecular weight is 286 g/mol. The molecule has 100 valence electrons. The second-order valence-corrected chi connectivity index (χ2v) is 3.98. The van der Waals surface area contributed by atoms with Crippen molar-refractivity contribution in [3.63, 3.8) is 0 Å². The number of nitrogens with two attached hydrogens (primary N) is 1. The minimum absolute atomic E-state index is 0.543. The Labute approximate surface area is 119 Å². The number of amides is 1. The van der Waals surface area contributed by atoms with Gasteiger partial charge in [0.15, 0.2) is 0 Å². The van der Waals surface area contributed by atoms with E-state index in [9.17, 15) is 0 Å². The van der Waals surface area contributed by atoms with Crippen LogP contribution in [0.5, 0.6) is 5.75 Å². The van der Waals surface area contributed by atoms with Gasteiger partial charge in [-0.25, -0.2) is 0 Å². The number of para-hydroxylation sites is 1. The Bertz CT molecular complexity index is 364. The summed E-state index contributed by atoms with van der Waals surface area (Å²) in [5.74, 6) is 0.796. The number of thiocarbonyl (C=S) groups is 1. The van der Waals surface area contributed by atoms with Gasteiger partial charge in [-0.3, -0.25) is 4.79 Å². The van der Waals surface area contributed by atoms with Gasteiger partial charge in [0, 0.05) is 13.1 Å². The molecule has 6 heteroatoms. The molecule has 0 bridgehead atoms. The Balaban J connectivity index is 0.000000631. The summed E-state index contributed by atoms with van der Waals surface area (Å²) < 4.78 is 5.52. The lowest BCUT2D eigenvalue weighted by atomic mass is 10.3. The van der Waals surface area contributed by atoms with Crippen LogP contribution in [0.1, 0.15) is 13.8 Å². The van der Waals surface area contributed by atoms with Crippen molar-refractivity contribution < 1.29 is 9.53 Å². The second kappa shape index (κ2) is 9.73. The van der Waals surface area contributed by atoms with E-state index in [1.807, 2.05) is 35.2 Å². The summed E-state index contributed by atoms with van der Waals surface area (Å²) in [6, 6.07) is 9.61. The van der Waals surface area contributed by atoms with Gasteiger partial charge in [0.25, 0.3) is 10.4 Å². The number of rotatable bonds is 3. The van der Waals surface area contributed by atoms with E-state index < -0.39 is 5.24 Å². The highest BCUT2D eigenvalue weighted by molar-refractivity contribution is 7.96. The van der Waals surface area contributed by atoms with Crippen molar-refractivity contribution in [3.05, 3.63) is 30.3 Å². The zero-order valence-corrected chi connectivity index (χ0v) is 12.2. The van der Waals surface area contributed by atoms with E-state index in [4.69, 9.17) is 21.7 Å². The Morgan fingerprint density at radius 1 is 1.33 bits per heavy atom. The van der Waals surface area contributed by atoms with Crippen LogP contribution in [0.2, 0.25) is 0 Å². The molecule has 0 heterocycles. The fraction of sp³-hybridized carbons (Fsp3) is 0.333. The molecular weight excluding hydrogens is 268 g/mol. The van der Waals surface area contributed by atoms with Crippen molar-refractivity contribution in [2.24, 2.45) is 5.73 Å². The van der Waals surface area contributed by atoms with Gasteiger partial charge in [-0.05, 0) is 38.2 Å². The van der Waals surface area contributed by atoms with Crippen LogP contribution in [-0.4, -0.2) is 28.4 Å². The number of hydrogen-bond donors (Lipinski definition) is 2.